The monoisotopic (exact) mass is 99.0 g/mol. The molecule has 1 heteroatoms. The van der Waals surface area contributed by atoms with Gasteiger partial charge in [-0.2, -0.15) is 0 Å². The van der Waals surface area contributed by atoms with E-state index in [0.717, 1.165) is 0 Å². The summed E-state index contributed by atoms with van der Waals surface area (Å²) in [6.07, 6.45) is 3.38. The fourth-order valence-electron chi connectivity index (χ4n) is 0.492. The minimum Gasteiger partial charge on any atom is -0.0921 e. The Labute approximate surface area is 39.7 Å². The third-order valence-corrected chi connectivity index (χ3v) is 2.07. The average molecular weight is 99.1 g/mol. The van der Waals surface area contributed by atoms with Crippen LogP contribution in [0.1, 0.15) is 0 Å². The standard InChI is InChI=1S/C5H7P/c1-5-2-3-6-4-5/h2-3,6H,1,4H2/p+1. The van der Waals surface area contributed by atoms with Gasteiger partial charge in [-0.3, -0.25) is 0 Å². The highest BCUT2D eigenvalue weighted by molar-refractivity contribution is 7.42. The van der Waals surface area contributed by atoms with E-state index in [0.29, 0.717) is 8.58 Å². The molecule has 0 nitrogen and oxygen atoms in total. The maximum atomic E-state index is 3.79. The molecule has 0 spiro atoms. The molecule has 0 aliphatic carbocycles. The molecule has 0 saturated carbocycles. The van der Waals surface area contributed by atoms with E-state index in [2.05, 4.69) is 18.5 Å². The van der Waals surface area contributed by atoms with Crippen LogP contribution in [0.4, 0.5) is 0 Å². The first-order valence-electron chi connectivity index (χ1n) is 2.07. The number of allylic oxidation sites excluding steroid dienone is 2. The third kappa shape index (κ3) is 0.693. The van der Waals surface area contributed by atoms with Crippen LogP contribution < -0.4 is 0 Å². The predicted octanol–water partition coefficient (Wildman–Crippen LogP) is 1.48. The molecule has 0 radical (unpaired) electrons. The number of hydrogen-bond donors (Lipinski definition) is 0. The molecule has 0 amide bonds. The molecule has 0 aromatic heterocycles. The molecule has 0 aromatic carbocycles. The minimum atomic E-state index is 0.612. The van der Waals surface area contributed by atoms with E-state index >= 15 is 0 Å². The highest BCUT2D eigenvalue weighted by Gasteiger charge is 1.98. The molecule has 1 heterocycles. The van der Waals surface area contributed by atoms with E-state index in [1.807, 2.05) is 0 Å². The van der Waals surface area contributed by atoms with Crippen LogP contribution in [0.25, 0.3) is 0 Å². The molecule has 1 rings (SSSR count). The van der Waals surface area contributed by atoms with Gasteiger partial charge in [0.1, 0.15) is 0 Å². The summed E-state index contributed by atoms with van der Waals surface area (Å²) in [5, 5.41) is 0. The predicted molar refractivity (Wildman–Crippen MR) is 32.9 cm³/mol. The van der Waals surface area contributed by atoms with E-state index in [1.165, 1.54) is 11.7 Å². The van der Waals surface area contributed by atoms with Gasteiger partial charge in [0.2, 0.25) is 0 Å². The van der Waals surface area contributed by atoms with Crippen LogP contribution in [-0.4, -0.2) is 6.16 Å². The molecule has 1 unspecified atom stereocenters. The van der Waals surface area contributed by atoms with Gasteiger partial charge in [0.15, 0.2) is 0 Å². The maximum Gasteiger partial charge on any atom is 0.0834 e. The zero-order valence-electron chi connectivity index (χ0n) is 3.65. The van der Waals surface area contributed by atoms with Crippen molar-refractivity contribution in [2.24, 2.45) is 0 Å². The normalized spacial score (nSPS) is 23.7. The first-order valence-corrected chi connectivity index (χ1v) is 3.55. The van der Waals surface area contributed by atoms with Gasteiger partial charge >= 0.3 is 0 Å². The van der Waals surface area contributed by atoms with Crippen LogP contribution in [0.2, 0.25) is 0 Å². The molecule has 6 heavy (non-hydrogen) atoms. The Bertz CT molecular complexity index is 92.1. The molecule has 0 bridgehead atoms. The molecule has 0 saturated heterocycles. The summed E-state index contributed by atoms with van der Waals surface area (Å²) in [4.78, 5) is 0. The fraction of sp³-hybridized carbons (Fsp3) is 0.200. The molecule has 1 atom stereocenters. The van der Waals surface area contributed by atoms with Crippen molar-refractivity contribution >= 4 is 8.58 Å². The van der Waals surface area contributed by atoms with Gasteiger partial charge in [-0.15, -0.1) is 0 Å². The van der Waals surface area contributed by atoms with Crippen molar-refractivity contribution in [3.8, 4) is 0 Å². The van der Waals surface area contributed by atoms with Crippen molar-refractivity contribution in [2.45, 2.75) is 0 Å². The molecular formula is C5H8P+. The summed E-state index contributed by atoms with van der Waals surface area (Å²) in [6.45, 7) is 3.79. The summed E-state index contributed by atoms with van der Waals surface area (Å²) in [6, 6.07) is 0. The summed E-state index contributed by atoms with van der Waals surface area (Å²) >= 11 is 0. The van der Waals surface area contributed by atoms with Gasteiger partial charge in [0, 0.05) is 8.58 Å². The van der Waals surface area contributed by atoms with Crippen LogP contribution >= 0.6 is 8.58 Å². The first kappa shape index (κ1) is 4.08. The largest absolute Gasteiger partial charge is 0.0921 e. The van der Waals surface area contributed by atoms with Crippen molar-refractivity contribution in [1.82, 2.24) is 0 Å². The van der Waals surface area contributed by atoms with Crippen molar-refractivity contribution in [1.29, 1.82) is 0 Å². The Hall–Kier alpha value is -0.0900. The van der Waals surface area contributed by atoms with Gasteiger partial charge in [0.05, 0.1) is 12.0 Å². The highest BCUT2D eigenvalue weighted by Crippen LogP contribution is 2.23. The van der Waals surface area contributed by atoms with E-state index in [1.54, 1.807) is 0 Å². The molecule has 0 fully saturated rings. The van der Waals surface area contributed by atoms with E-state index in [9.17, 15) is 0 Å². The molecule has 0 aromatic rings. The Morgan fingerprint density at radius 2 is 2.67 bits per heavy atom. The average Bonchev–Trinajstić information content (AvgIpc) is 1.86. The summed E-state index contributed by atoms with van der Waals surface area (Å²) < 4.78 is 0. The van der Waals surface area contributed by atoms with E-state index < -0.39 is 0 Å². The quantitative estimate of drug-likeness (QED) is 0.403. The molecular weight excluding hydrogens is 91.0 g/mol. The van der Waals surface area contributed by atoms with Crippen molar-refractivity contribution < 1.29 is 0 Å². The van der Waals surface area contributed by atoms with Gasteiger partial charge in [-0.1, -0.05) is 6.58 Å². The van der Waals surface area contributed by atoms with E-state index in [4.69, 9.17) is 0 Å². The molecule has 32 valence electrons. The van der Waals surface area contributed by atoms with E-state index in [-0.39, 0.29) is 0 Å². The van der Waals surface area contributed by atoms with Gasteiger partial charge in [-0.05, 0) is 11.6 Å². The summed E-state index contributed by atoms with van der Waals surface area (Å²) in [5.41, 5.74) is 1.31. The topological polar surface area (TPSA) is 0 Å². The Morgan fingerprint density at radius 3 is 2.83 bits per heavy atom. The minimum absolute atomic E-state index is 0.612. The first-order chi connectivity index (χ1) is 2.89. The Morgan fingerprint density at radius 1 is 1.83 bits per heavy atom. The van der Waals surface area contributed by atoms with Crippen LogP contribution in [0.5, 0.6) is 0 Å². The van der Waals surface area contributed by atoms with Crippen LogP contribution in [0.15, 0.2) is 24.0 Å². The summed E-state index contributed by atoms with van der Waals surface area (Å²) in [7, 11) is 0.612. The SMILES string of the molecule is C=C1C=C[PH2+]C1. The van der Waals surface area contributed by atoms with Crippen LogP contribution in [-0.2, 0) is 0 Å². The zero-order chi connectivity index (χ0) is 4.41. The Balaban J connectivity index is 2.59. The lowest BCUT2D eigenvalue weighted by atomic mass is 10.4. The smallest absolute Gasteiger partial charge is 0.0834 e. The molecule has 0 N–H and O–H groups in total. The Kier molecular flexibility index (Phi) is 1.07. The van der Waals surface area contributed by atoms with Gasteiger partial charge in [0.25, 0.3) is 0 Å². The van der Waals surface area contributed by atoms with Crippen molar-refractivity contribution in [3.05, 3.63) is 24.0 Å². The molecule has 1 aliphatic heterocycles. The second kappa shape index (κ2) is 1.57. The third-order valence-electron chi connectivity index (χ3n) is 0.848. The lowest BCUT2D eigenvalue weighted by Gasteiger charge is -1.72. The van der Waals surface area contributed by atoms with Crippen LogP contribution in [0, 0.1) is 0 Å². The fourth-order valence-corrected chi connectivity index (χ4v) is 1.47. The second-order valence-corrected chi connectivity index (χ2v) is 2.72. The van der Waals surface area contributed by atoms with Gasteiger partial charge in [-0.25, -0.2) is 0 Å². The second-order valence-electron chi connectivity index (χ2n) is 1.46. The van der Waals surface area contributed by atoms with Crippen molar-refractivity contribution in [2.75, 3.05) is 6.16 Å². The molecule has 1 aliphatic rings. The zero-order valence-corrected chi connectivity index (χ0v) is 4.80. The lowest BCUT2D eigenvalue weighted by molar-refractivity contribution is 1.63. The number of hydrogen-bond acceptors (Lipinski definition) is 0. The van der Waals surface area contributed by atoms with Crippen LogP contribution in [0.3, 0.4) is 0 Å². The maximum absolute atomic E-state index is 3.79. The van der Waals surface area contributed by atoms with Gasteiger partial charge < -0.3 is 0 Å². The lowest BCUT2D eigenvalue weighted by Crippen LogP contribution is -1.64. The van der Waals surface area contributed by atoms with Crippen molar-refractivity contribution in [3.63, 3.8) is 0 Å². The highest BCUT2D eigenvalue weighted by atomic mass is 31.1. The summed E-state index contributed by atoms with van der Waals surface area (Å²) in [5.74, 6) is 2.24. The number of rotatable bonds is 0.